The van der Waals surface area contributed by atoms with Gasteiger partial charge in [0.2, 0.25) is 0 Å². The van der Waals surface area contributed by atoms with Crippen molar-refractivity contribution in [3.63, 3.8) is 0 Å². The summed E-state index contributed by atoms with van der Waals surface area (Å²) in [5, 5.41) is 0. The maximum Gasteiger partial charge on any atom is 0.0108 e. The Bertz CT molecular complexity index is 349. The van der Waals surface area contributed by atoms with Crippen LogP contribution in [0.15, 0.2) is 0 Å². The average Bonchev–Trinajstić information content (AvgIpc) is 3.12. The van der Waals surface area contributed by atoms with Crippen LogP contribution in [0.2, 0.25) is 0 Å². The first-order valence-electron chi connectivity index (χ1n) is 7.38. The van der Waals surface area contributed by atoms with Crippen molar-refractivity contribution in [1.82, 2.24) is 4.31 Å². The van der Waals surface area contributed by atoms with Gasteiger partial charge in [0.25, 0.3) is 0 Å². The van der Waals surface area contributed by atoms with Gasteiger partial charge in [-0.2, -0.15) is 9.39 Å². The molecule has 2 fully saturated rings. The van der Waals surface area contributed by atoms with E-state index in [4.69, 9.17) is 5.73 Å². The first-order chi connectivity index (χ1) is 8.49. The van der Waals surface area contributed by atoms with Crippen molar-refractivity contribution in [3.05, 3.63) is 0 Å². The lowest BCUT2D eigenvalue weighted by molar-refractivity contribution is 0.241. The third kappa shape index (κ3) is 4.29. The molecule has 0 aromatic rings. The van der Waals surface area contributed by atoms with Crippen molar-refractivity contribution < 1.29 is 0 Å². The van der Waals surface area contributed by atoms with E-state index in [0.29, 0.717) is 0 Å². The van der Waals surface area contributed by atoms with Crippen molar-refractivity contribution in [1.29, 1.82) is 0 Å². The van der Waals surface area contributed by atoms with Crippen molar-refractivity contribution in [2.24, 2.45) is 23.5 Å². The lowest BCUT2D eigenvalue weighted by atomic mass is 9.82. The first kappa shape index (κ1) is 14.4. The minimum atomic E-state index is -1.03. The van der Waals surface area contributed by atoms with Crippen LogP contribution in [0.4, 0.5) is 0 Å². The van der Waals surface area contributed by atoms with Crippen LogP contribution in [0, 0.1) is 17.8 Å². The molecule has 2 nitrogen and oxygen atoms in total. The van der Waals surface area contributed by atoms with Gasteiger partial charge in [-0.05, 0) is 69.1 Å². The molecule has 0 atom stereocenters. The molecule has 0 heterocycles. The molecule has 0 aromatic heterocycles. The summed E-state index contributed by atoms with van der Waals surface area (Å²) in [6.45, 7) is 3.36. The molecule has 2 aliphatic rings. The van der Waals surface area contributed by atoms with E-state index >= 15 is 0 Å². The van der Waals surface area contributed by atoms with Gasteiger partial charge in [0, 0.05) is 13.1 Å². The normalized spacial score (nSPS) is 29.7. The van der Waals surface area contributed by atoms with Crippen LogP contribution in [0.5, 0.6) is 0 Å². The second-order valence-electron chi connectivity index (χ2n) is 6.64. The third-order valence-corrected chi connectivity index (χ3v) is 6.09. The third-order valence-electron chi connectivity index (χ3n) is 4.54. The van der Waals surface area contributed by atoms with Gasteiger partial charge in [-0.15, -0.1) is 0 Å². The Morgan fingerprint density at radius 2 is 1.33 bits per heavy atom. The molecule has 18 heavy (non-hydrogen) atoms. The molecule has 106 valence electrons. The second kappa shape index (κ2) is 5.98. The summed E-state index contributed by atoms with van der Waals surface area (Å²) >= 11 is 0. The highest BCUT2D eigenvalue weighted by atomic mass is 32.2. The molecule has 0 amide bonds. The molecule has 2 N–H and O–H groups in total. The molecule has 3 heteroatoms. The van der Waals surface area contributed by atoms with Crippen LogP contribution in [0.1, 0.15) is 38.5 Å². The van der Waals surface area contributed by atoms with Crippen molar-refractivity contribution in [3.8, 4) is 0 Å². The van der Waals surface area contributed by atoms with E-state index in [2.05, 4.69) is 22.3 Å². The molecule has 0 unspecified atom stereocenters. The molecule has 2 aliphatic carbocycles. The maximum absolute atomic E-state index is 5.77. The second-order valence-corrected chi connectivity index (χ2v) is 9.60. The monoisotopic (exact) mass is 270 g/mol. The first-order valence-corrected chi connectivity index (χ1v) is 9.72. The number of hydrogen-bond donors (Lipinski definition) is 1. The lowest BCUT2D eigenvalue weighted by Crippen LogP contribution is -2.31. The van der Waals surface area contributed by atoms with Crippen LogP contribution in [-0.4, -0.2) is 41.9 Å². The van der Waals surface area contributed by atoms with Crippen LogP contribution in [-0.2, 0) is 0 Å². The highest BCUT2D eigenvalue weighted by molar-refractivity contribution is 8.25. The fourth-order valence-electron chi connectivity index (χ4n) is 2.96. The fraction of sp³-hybridized carbons (Fsp3) is 0.867. The molecule has 0 aliphatic heterocycles. The Morgan fingerprint density at radius 3 is 1.67 bits per heavy atom. The zero-order chi connectivity index (χ0) is 13.2. The Labute approximate surface area is 114 Å². The Hall–Kier alpha value is 0.01000. The molecule has 0 radical (unpaired) electrons. The van der Waals surface area contributed by atoms with Gasteiger partial charge in [-0.1, -0.05) is 11.7 Å². The molecular formula is C15H30N2S. The quantitative estimate of drug-likeness (QED) is 0.752. The number of nitrogens with zero attached hydrogens (tertiary/aromatic N) is 1. The lowest BCUT2D eigenvalue weighted by Gasteiger charge is -2.35. The van der Waals surface area contributed by atoms with Gasteiger partial charge in [0.05, 0.1) is 0 Å². The summed E-state index contributed by atoms with van der Waals surface area (Å²) in [6.07, 6.45) is 10.5. The van der Waals surface area contributed by atoms with E-state index in [1.54, 1.807) is 0 Å². The molecule has 0 aromatic carbocycles. The SMILES string of the molecule is C=S(=C)(C)N(CC1CCC(CN)CC1)CC1CC1. The van der Waals surface area contributed by atoms with E-state index < -0.39 is 9.39 Å². The van der Waals surface area contributed by atoms with Gasteiger partial charge < -0.3 is 5.73 Å². The molecule has 0 saturated heterocycles. The minimum Gasteiger partial charge on any atom is -0.330 e. The van der Waals surface area contributed by atoms with Crippen LogP contribution < -0.4 is 5.73 Å². The summed E-state index contributed by atoms with van der Waals surface area (Å²) in [5.41, 5.74) is 5.77. The summed E-state index contributed by atoms with van der Waals surface area (Å²) in [6, 6.07) is 0. The predicted octanol–water partition coefficient (Wildman–Crippen LogP) is 2.68. The minimum absolute atomic E-state index is 0.788. The fourth-order valence-corrected chi connectivity index (χ4v) is 4.10. The van der Waals surface area contributed by atoms with Crippen molar-refractivity contribution >= 4 is 21.1 Å². The van der Waals surface area contributed by atoms with Gasteiger partial charge in [-0.25, -0.2) is 0 Å². The number of nitrogens with two attached hydrogens (primary N) is 1. The Morgan fingerprint density at radius 1 is 0.944 bits per heavy atom. The van der Waals surface area contributed by atoms with Gasteiger partial charge in [0.1, 0.15) is 0 Å². The number of rotatable bonds is 6. The molecular weight excluding hydrogens is 240 g/mol. The molecule has 0 bridgehead atoms. The zero-order valence-electron chi connectivity index (χ0n) is 11.9. The van der Waals surface area contributed by atoms with E-state index in [1.165, 1.54) is 51.6 Å². The van der Waals surface area contributed by atoms with E-state index in [0.717, 1.165) is 24.3 Å². The number of hydrogen-bond acceptors (Lipinski definition) is 2. The van der Waals surface area contributed by atoms with Gasteiger partial charge in [0.15, 0.2) is 0 Å². The topological polar surface area (TPSA) is 29.3 Å². The summed E-state index contributed by atoms with van der Waals surface area (Å²) < 4.78 is 2.61. The highest BCUT2D eigenvalue weighted by Gasteiger charge is 2.28. The average molecular weight is 270 g/mol. The van der Waals surface area contributed by atoms with Gasteiger partial charge in [-0.3, -0.25) is 4.31 Å². The van der Waals surface area contributed by atoms with Crippen LogP contribution in [0.25, 0.3) is 0 Å². The van der Waals surface area contributed by atoms with Gasteiger partial charge >= 0.3 is 0 Å². The standard InChI is InChI=1S/C15H30N2S/c1-18(2,3)17(12-15-8-9-15)11-14-6-4-13(10-16)5-7-14/h13-15H,1-2,4-12,16H2,3H3. The van der Waals surface area contributed by atoms with Crippen molar-refractivity contribution in [2.75, 3.05) is 25.9 Å². The predicted molar refractivity (Wildman–Crippen MR) is 86.6 cm³/mol. The molecule has 2 rings (SSSR count). The Balaban J connectivity index is 1.85. The summed E-state index contributed by atoms with van der Waals surface area (Å²) in [4.78, 5) is 0. The van der Waals surface area contributed by atoms with Crippen LogP contribution in [0.3, 0.4) is 0 Å². The smallest absolute Gasteiger partial charge is 0.0108 e. The Kier molecular flexibility index (Phi) is 4.79. The maximum atomic E-state index is 5.77. The molecule has 2 saturated carbocycles. The largest absolute Gasteiger partial charge is 0.330 e. The van der Waals surface area contributed by atoms with E-state index in [1.807, 2.05) is 0 Å². The van der Waals surface area contributed by atoms with Crippen molar-refractivity contribution in [2.45, 2.75) is 38.5 Å². The molecule has 0 spiro atoms. The highest BCUT2D eigenvalue weighted by Crippen LogP contribution is 2.36. The summed E-state index contributed by atoms with van der Waals surface area (Å²) in [5.74, 6) is 11.2. The zero-order valence-corrected chi connectivity index (χ0v) is 12.8. The van der Waals surface area contributed by atoms with Crippen LogP contribution >= 0.6 is 9.39 Å². The van der Waals surface area contributed by atoms with E-state index in [-0.39, 0.29) is 0 Å². The summed E-state index contributed by atoms with van der Waals surface area (Å²) in [7, 11) is -1.03. The van der Waals surface area contributed by atoms with E-state index in [9.17, 15) is 0 Å².